The van der Waals surface area contributed by atoms with E-state index in [-0.39, 0.29) is 5.75 Å². The Kier molecular flexibility index (Phi) is 3.98. The van der Waals surface area contributed by atoms with Crippen LogP contribution in [0.4, 0.5) is 4.39 Å². The third-order valence-corrected chi connectivity index (χ3v) is 3.03. The van der Waals surface area contributed by atoms with Gasteiger partial charge >= 0.3 is 0 Å². The van der Waals surface area contributed by atoms with Crippen LogP contribution in [0.3, 0.4) is 0 Å². The first-order valence-electron chi connectivity index (χ1n) is 5.71. The number of hydrogen-bond acceptors (Lipinski definition) is 3. The Morgan fingerprint density at radius 3 is 2.89 bits per heavy atom. The standard InChI is InChI=1S/C12H15FN2O2S/c1-3-17-5-4-15-10-7-11(16-2)8(13)6-9(10)14-12(15)18/h6-7H,3-5H2,1-2H3,(H,14,18). The van der Waals surface area contributed by atoms with Crippen LogP contribution in [-0.4, -0.2) is 29.9 Å². The molecule has 0 fully saturated rings. The van der Waals surface area contributed by atoms with Crippen molar-refractivity contribution >= 4 is 23.3 Å². The summed E-state index contributed by atoms with van der Waals surface area (Å²) in [6, 6.07) is 3.03. The van der Waals surface area contributed by atoms with Crippen molar-refractivity contribution in [1.82, 2.24) is 9.55 Å². The van der Waals surface area contributed by atoms with Crippen LogP contribution in [0.25, 0.3) is 11.0 Å². The fourth-order valence-electron chi connectivity index (χ4n) is 1.84. The molecule has 1 heterocycles. The SMILES string of the molecule is CCOCCn1c(=S)[nH]c2cc(F)c(OC)cc21. The molecule has 0 radical (unpaired) electrons. The lowest BCUT2D eigenvalue weighted by Crippen LogP contribution is -2.05. The summed E-state index contributed by atoms with van der Waals surface area (Å²) in [6.45, 7) is 3.79. The zero-order valence-corrected chi connectivity index (χ0v) is 11.1. The van der Waals surface area contributed by atoms with E-state index in [0.717, 1.165) is 5.52 Å². The maximum absolute atomic E-state index is 13.6. The van der Waals surface area contributed by atoms with E-state index in [9.17, 15) is 4.39 Å². The molecule has 4 nitrogen and oxygen atoms in total. The second-order valence-corrected chi connectivity index (χ2v) is 4.17. The molecule has 0 amide bonds. The summed E-state index contributed by atoms with van der Waals surface area (Å²) in [5.41, 5.74) is 1.48. The smallest absolute Gasteiger partial charge is 0.178 e. The summed E-state index contributed by atoms with van der Waals surface area (Å²) in [6.07, 6.45) is 0. The van der Waals surface area contributed by atoms with Gasteiger partial charge in [-0.25, -0.2) is 4.39 Å². The van der Waals surface area contributed by atoms with Gasteiger partial charge in [0.2, 0.25) is 0 Å². The molecular formula is C12H15FN2O2S. The van der Waals surface area contributed by atoms with Gasteiger partial charge in [0, 0.05) is 25.3 Å². The lowest BCUT2D eigenvalue weighted by Gasteiger charge is -2.06. The molecule has 0 unspecified atom stereocenters. The van der Waals surface area contributed by atoms with Crippen LogP contribution in [0.15, 0.2) is 12.1 Å². The van der Waals surface area contributed by atoms with Gasteiger partial charge in [-0.15, -0.1) is 0 Å². The van der Waals surface area contributed by atoms with E-state index in [1.54, 1.807) is 6.07 Å². The summed E-state index contributed by atoms with van der Waals surface area (Å²) < 4.78 is 26.3. The predicted molar refractivity (Wildman–Crippen MR) is 70.1 cm³/mol. The van der Waals surface area contributed by atoms with E-state index in [1.165, 1.54) is 13.2 Å². The number of aromatic amines is 1. The van der Waals surface area contributed by atoms with Gasteiger partial charge < -0.3 is 19.0 Å². The normalized spacial score (nSPS) is 11.1. The molecule has 18 heavy (non-hydrogen) atoms. The van der Waals surface area contributed by atoms with Crippen LogP contribution in [-0.2, 0) is 11.3 Å². The molecule has 0 atom stereocenters. The molecular weight excluding hydrogens is 255 g/mol. The number of ether oxygens (including phenoxy) is 2. The van der Waals surface area contributed by atoms with Crippen molar-refractivity contribution < 1.29 is 13.9 Å². The Bertz CT molecular complexity index is 606. The maximum Gasteiger partial charge on any atom is 0.178 e. The van der Waals surface area contributed by atoms with Crippen molar-refractivity contribution in [1.29, 1.82) is 0 Å². The van der Waals surface area contributed by atoms with Crippen LogP contribution in [0.2, 0.25) is 0 Å². The number of halogens is 1. The van der Waals surface area contributed by atoms with Crippen molar-refractivity contribution in [3.63, 3.8) is 0 Å². The molecule has 0 aliphatic heterocycles. The number of hydrogen-bond donors (Lipinski definition) is 1. The highest BCUT2D eigenvalue weighted by molar-refractivity contribution is 7.71. The first-order valence-corrected chi connectivity index (χ1v) is 6.12. The highest BCUT2D eigenvalue weighted by Crippen LogP contribution is 2.24. The number of nitrogens with zero attached hydrogens (tertiary/aromatic N) is 1. The van der Waals surface area contributed by atoms with Gasteiger partial charge in [0.15, 0.2) is 16.3 Å². The van der Waals surface area contributed by atoms with Gasteiger partial charge in [0.25, 0.3) is 0 Å². The fourth-order valence-corrected chi connectivity index (χ4v) is 2.14. The Hall–Kier alpha value is -1.40. The molecule has 0 spiro atoms. The summed E-state index contributed by atoms with van der Waals surface area (Å²) in [4.78, 5) is 2.97. The number of methoxy groups -OCH3 is 1. The Labute approximate surface area is 109 Å². The van der Waals surface area contributed by atoms with E-state index >= 15 is 0 Å². The molecule has 0 aliphatic rings. The van der Waals surface area contributed by atoms with Gasteiger partial charge in [0.1, 0.15) is 0 Å². The molecule has 1 aromatic heterocycles. The third kappa shape index (κ3) is 2.39. The van der Waals surface area contributed by atoms with E-state index in [2.05, 4.69) is 4.98 Å². The van der Waals surface area contributed by atoms with Gasteiger partial charge in [-0.1, -0.05) is 0 Å². The number of benzene rings is 1. The van der Waals surface area contributed by atoms with Gasteiger partial charge in [-0.3, -0.25) is 0 Å². The average molecular weight is 270 g/mol. The lowest BCUT2D eigenvalue weighted by atomic mass is 10.3. The van der Waals surface area contributed by atoms with Crippen molar-refractivity contribution in [3.8, 4) is 5.75 Å². The number of nitrogens with one attached hydrogen (secondary N) is 1. The van der Waals surface area contributed by atoms with Crippen molar-refractivity contribution in [2.24, 2.45) is 0 Å². The molecule has 6 heteroatoms. The van der Waals surface area contributed by atoms with Crippen molar-refractivity contribution in [2.75, 3.05) is 20.3 Å². The zero-order chi connectivity index (χ0) is 13.1. The third-order valence-electron chi connectivity index (χ3n) is 2.71. The molecule has 1 N–H and O–H groups in total. The van der Waals surface area contributed by atoms with E-state index in [4.69, 9.17) is 21.7 Å². The summed E-state index contributed by atoms with van der Waals surface area (Å²) in [5, 5.41) is 0. The topological polar surface area (TPSA) is 39.2 Å². The van der Waals surface area contributed by atoms with Crippen molar-refractivity contribution in [2.45, 2.75) is 13.5 Å². The van der Waals surface area contributed by atoms with Gasteiger partial charge in [-0.05, 0) is 19.1 Å². The first kappa shape index (κ1) is 13.0. The number of H-pyrrole nitrogens is 1. The molecule has 0 saturated carbocycles. The zero-order valence-electron chi connectivity index (χ0n) is 10.3. The van der Waals surface area contributed by atoms with Gasteiger partial charge in [0.05, 0.1) is 24.8 Å². The van der Waals surface area contributed by atoms with E-state index in [0.29, 0.717) is 30.0 Å². The highest BCUT2D eigenvalue weighted by atomic mass is 32.1. The van der Waals surface area contributed by atoms with Crippen LogP contribution in [0.5, 0.6) is 5.75 Å². The number of fused-ring (bicyclic) bond motifs is 1. The maximum atomic E-state index is 13.6. The minimum absolute atomic E-state index is 0.210. The van der Waals surface area contributed by atoms with Crippen LogP contribution in [0.1, 0.15) is 6.92 Å². The quantitative estimate of drug-likeness (QED) is 0.670. The Morgan fingerprint density at radius 1 is 1.44 bits per heavy atom. The minimum Gasteiger partial charge on any atom is -0.494 e. The Balaban J connectivity index is 2.45. The molecule has 98 valence electrons. The van der Waals surface area contributed by atoms with Gasteiger partial charge in [-0.2, -0.15) is 0 Å². The van der Waals surface area contributed by atoms with Crippen LogP contribution < -0.4 is 4.74 Å². The minimum atomic E-state index is -0.404. The molecule has 0 bridgehead atoms. The molecule has 2 rings (SSSR count). The second-order valence-electron chi connectivity index (χ2n) is 3.78. The number of rotatable bonds is 5. The molecule has 0 aliphatic carbocycles. The highest BCUT2D eigenvalue weighted by Gasteiger charge is 2.10. The average Bonchev–Trinajstić information content (AvgIpc) is 2.64. The summed E-state index contributed by atoms with van der Waals surface area (Å²) >= 11 is 5.21. The fraction of sp³-hybridized carbons (Fsp3) is 0.417. The second kappa shape index (κ2) is 5.49. The van der Waals surface area contributed by atoms with Crippen LogP contribution in [0, 0.1) is 10.6 Å². The summed E-state index contributed by atoms with van der Waals surface area (Å²) in [7, 11) is 1.44. The van der Waals surface area contributed by atoms with E-state index < -0.39 is 5.82 Å². The number of imidazole rings is 1. The first-order chi connectivity index (χ1) is 8.67. The summed E-state index contributed by atoms with van der Waals surface area (Å²) in [5.74, 6) is -0.195. The predicted octanol–water partition coefficient (Wildman–Crippen LogP) is 2.88. The lowest BCUT2D eigenvalue weighted by molar-refractivity contribution is 0.139. The molecule has 0 saturated heterocycles. The number of aromatic nitrogens is 2. The van der Waals surface area contributed by atoms with Crippen molar-refractivity contribution in [3.05, 3.63) is 22.7 Å². The Morgan fingerprint density at radius 2 is 2.22 bits per heavy atom. The molecule has 1 aromatic carbocycles. The van der Waals surface area contributed by atoms with E-state index in [1.807, 2.05) is 11.5 Å². The van der Waals surface area contributed by atoms with Crippen LogP contribution >= 0.6 is 12.2 Å². The monoisotopic (exact) mass is 270 g/mol. The largest absolute Gasteiger partial charge is 0.494 e. The molecule has 2 aromatic rings.